The summed E-state index contributed by atoms with van der Waals surface area (Å²) in [5.41, 5.74) is 9.81. The molecule has 14 heavy (non-hydrogen) atoms. The van der Waals surface area contributed by atoms with Gasteiger partial charge in [0.15, 0.2) is 0 Å². The number of carboxylic acids is 1. The van der Waals surface area contributed by atoms with E-state index in [0.29, 0.717) is 0 Å². The van der Waals surface area contributed by atoms with Gasteiger partial charge in [-0.25, -0.2) is 0 Å². The average Bonchev–Trinajstić information content (AvgIpc) is 1.98. The molecule has 0 aromatic rings. The predicted molar refractivity (Wildman–Crippen MR) is 42.8 cm³/mol. The smallest absolute Gasteiger partial charge is 0.320 e. The standard InChI is InChI=1S/C5H10N2O3.HNO3/c6-3(5(9)10)1-2-4(7)8;2-1(3)4/h3H,1-2,6H2,(H2,7,8)(H,9,10);(H,2,3,4). The van der Waals surface area contributed by atoms with Crippen LogP contribution in [0.4, 0.5) is 0 Å². The van der Waals surface area contributed by atoms with Gasteiger partial charge in [-0.15, -0.1) is 10.1 Å². The summed E-state index contributed by atoms with van der Waals surface area (Å²) in [5, 5.41) is 21.9. The molecule has 0 fully saturated rings. The molecule has 0 aliphatic carbocycles. The molecule has 1 atom stereocenters. The number of hydrogen-bond acceptors (Lipinski definition) is 5. The van der Waals surface area contributed by atoms with Crippen molar-refractivity contribution in [2.75, 3.05) is 0 Å². The lowest BCUT2D eigenvalue weighted by atomic mass is 10.2. The summed E-state index contributed by atoms with van der Waals surface area (Å²) >= 11 is 0. The summed E-state index contributed by atoms with van der Waals surface area (Å²) < 4.78 is 0. The van der Waals surface area contributed by atoms with Gasteiger partial charge < -0.3 is 21.8 Å². The molecule has 0 saturated carbocycles. The van der Waals surface area contributed by atoms with Gasteiger partial charge in [0.2, 0.25) is 5.91 Å². The number of nitrogens with zero attached hydrogens (tertiary/aromatic N) is 1. The van der Waals surface area contributed by atoms with Crippen molar-refractivity contribution < 1.29 is 25.0 Å². The van der Waals surface area contributed by atoms with E-state index in [-0.39, 0.29) is 12.8 Å². The highest BCUT2D eigenvalue weighted by Gasteiger charge is 2.11. The van der Waals surface area contributed by atoms with Crippen LogP contribution in [0.3, 0.4) is 0 Å². The summed E-state index contributed by atoms with van der Waals surface area (Å²) in [6.07, 6.45) is 0.123. The highest BCUT2D eigenvalue weighted by molar-refractivity contribution is 5.76. The fourth-order valence-corrected chi connectivity index (χ4v) is 0.421. The molecule has 0 saturated heterocycles. The molecule has 1 amide bonds. The lowest BCUT2D eigenvalue weighted by Crippen LogP contribution is -2.31. The first-order valence-electron chi connectivity index (χ1n) is 3.37. The number of rotatable bonds is 4. The van der Waals surface area contributed by atoms with E-state index in [4.69, 9.17) is 31.9 Å². The largest absolute Gasteiger partial charge is 0.480 e. The summed E-state index contributed by atoms with van der Waals surface area (Å²) in [6.45, 7) is 0. The molecule has 0 aliphatic rings. The molecular weight excluding hydrogens is 198 g/mol. The van der Waals surface area contributed by atoms with E-state index in [1.54, 1.807) is 0 Å². The molecular formula is C5H11N3O6. The SMILES string of the molecule is NC(=O)CCC(N)C(=O)O.O=[N+]([O-])O. The molecule has 0 radical (unpaired) electrons. The van der Waals surface area contributed by atoms with Crippen molar-refractivity contribution in [3.63, 3.8) is 0 Å². The third kappa shape index (κ3) is 16.6. The van der Waals surface area contributed by atoms with Crippen molar-refractivity contribution in [3.05, 3.63) is 10.1 Å². The fraction of sp³-hybridized carbons (Fsp3) is 0.600. The zero-order valence-electron chi connectivity index (χ0n) is 7.12. The van der Waals surface area contributed by atoms with Crippen LogP contribution < -0.4 is 11.5 Å². The van der Waals surface area contributed by atoms with Gasteiger partial charge in [-0.1, -0.05) is 0 Å². The van der Waals surface area contributed by atoms with Gasteiger partial charge in [0.1, 0.15) is 6.04 Å². The molecule has 0 spiro atoms. The Hall–Kier alpha value is -1.90. The van der Waals surface area contributed by atoms with Crippen LogP contribution in [-0.2, 0) is 9.59 Å². The summed E-state index contributed by atoms with van der Waals surface area (Å²) in [5.74, 6) is -1.64. The number of amides is 1. The first-order chi connectivity index (χ1) is 6.27. The highest BCUT2D eigenvalue weighted by atomic mass is 16.9. The van der Waals surface area contributed by atoms with Gasteiger partial charge in [-0.05, 0) is 6.42 Å². The minimum atomic E-state index is -1.50. The maximum Gasteiger partial charge on any atom is 0.320 e. The second kappa shape index (κ2) is 7.73. The topological polar surface area (TPSA) is 170 Å². The third-order valence-corrected chi connectivity index (χ3v) is 1.02. The number of aliphatic carboxylic acids is 1. The summed E-state index contributed by atoms with van der Waals surface area (Å²) in [7, 11) is 0. The molecule has 0 aliphatic heterocycles. The van der Waals surface area contributed by atoms with Crippen molar-refractivity contribution in [1.82, 2.24) is 0 Å². The van der Waals surface area contributed by atoms with E-state index in [2.05, 4.69) is 0 Å². The average molecular weight is 209 g/mol. The Labute approximate surface area is 78.4 Å². The van der Waals surface area contributed by atoms with Gasteiger partial charge >= 0.3 is 5.97 Å². The molecule has 0 aromatic carbocycles. The summed E-state index contributed by atoms with van der Waals surface area (Å²) in [6, 6.07) is -0.979. The molecule has 0 rings (SSSR count). The highest BCUT2D eigenvalue weighted by Crippen LogP contribution is 1.92. The van der Waals surface area contributed by atoms with Crippen LogP contribution in [0.1, 0.15) is 12.8 Å². The molecule has 0 heterocycles. The lowest BCUT2D eigenvalue weighted by molar-refractivity contribution is -0.742. The van der Waals surface area contributed by atoms with E-state index in [1.807, 2.05) is 0 Å². The molecule has 0 aromatic heterocycles. The Morgan fingerprint density at radius 1 is 1.50 bits per heavy atom. The van der Waals surface area contributed by atoms with E-state index >= 15 is 0 Å². The number of primary amides is 1. The normalized spacial score (nSPS) is 10.6. The Bertz CT molecular complexity index is 214. The van der Waals surface area contributed by atoms with Gasteiger partial charge in [0.05, 0.1) is 0 Å². The maximum atomic E-state index is 10.1. The fourth-order valence-electron chi connectivity index (χ4n) is 0.421. The van der Waals surface area contributed by atoms with Crippen molar-refractivity contribution >= 4 is 11.9 Å². The lowest BCUT2D eigenvalue weighted by Gasteiger charge is -2.01. The van der Waals surface area contributed by atoms with Crippen LogP contribution in [-0.4, -0.2) is 33.3 Å². The van der Waals surface area contributed by atoms with Gasteiger partial charge in [-0.3, -0.25) is 9.59 Å². The monoisotopic (exact) mass is 209 g/mol. The van der Waals surface area contributed by atoms with Crippen LogP contribution in [0.5, 0.6) is 0 Å². The Balaban J connectivity index is 0. The number of nitrogens with two attached hydrogens (primary N) is 2. The van der Waals surface area contributed by atoms with Crippen molar-refractivity contribution in [2.24, 2.45) is 11.5 Å². The van der Waals surface area contributed by atoms with Crippen LogP contribution in [0.2, 0.25) is 0 Å². The first kappa shape index (κ1) is 14.6. The van der Waals surface area contributed by atoms with Crippen molar-refractivity contribution in [3.8, 4) is 0 Å². The van der Waals surface area contributed by atoms with E-state index in [0.717, 1.165) is 0 Å². The van der Waals surface area contributed by atoms with Gasteiger partial charge in [-0.2, -0.15) is 0 Å². The minimum absolute atomic E-state index is 0.0213. The Morgan fingerprint density at radius 3 is 2.07 bits per heavy atom. The minimum Gasteiger partial charge on any atom is -0.480 e. The molecule has 82 valence electrons. The molecule has 9 nitrogen and oxygen atoms in total. The van der Waals surface area contributed by atoms with E-state index < -0.39 is 23.0 Å². The van der Waals surface area contributed by atoms with Gasteiger partial charge in [0, 0.05) is 6.42 Å². The second-order valence-electron chi connectivity index (χ2n) is 2.19. The maximum absolute atomic E-state index is 10.1. The van der Waals surface area contributed by atoms with Gasteiger partial charge in [0.25, 0.3) is 5.09 Å². The first-order valence-corrected chi connectivity index (χ1v) is 3.37. The van der Waals surface area contributed by atoms with Crippen LogP contribution in [0, 0.1) is 10.1 Å². The number of carboxylic acid groups (broad SMARTS) is 1. The Kier molecular flexibility index (Phi) is 8.07. The van der Waals surface area contributed by atoms with Crippen LogP contribution >= 0.6 is 0 Å². The van der Waals surface area contributed by atoms with Crippen LogP contribution in [0.15, 0.2) is 0 Å². The third-order valence-electron chi connectivity index (χ3n) is 1.02. The molecule has 6 N–H and O–H groups in total. The van der Waals surface area contributed by atoms with Crippen LogP contribution in [0.25, 0.3) is 0 Å². The van der Waals surface area contributed by atoms with Crippen molar-refractivity contribution in [2.45, 2.75) is 18.9 Å². The number of carbonyl (C=O) groups is 2. The predicted octanol–water partition coefficient (Wildman–Crippen LogP) is -1.68. The number of hydrogen-bond donors (Lipinski definition) is 4. The Morgan fingerprint density at radius 2 is 1.86 bits per heavy atom. The molecule has 0 bridgehead atoms. The quantitative estimate of drug-likeness (QED) is 0.316. The van der Waals surface area contributed by atoms with Crippen molar-refractivity contribution in [1.29, 1.82) is 0 Å². The second-order valence-corrected chi connectivity index (χ2v) is 2.19. The zero-order chi connectivity index (χ0) is 11.7. The molecule has 9 heteroatoms. The van der Waals surface area contributed by atoms with E-state index in [1.165, 1.54) is 0 Å². The number of carbonyl (C=O) groups excluding carboxylic acids is 1. The summed E-state index contributed by atoms with van der Waals surface area (Å²) in [4.78, 5) is 28.5. The van der Waals surface area contributed by atoms with E-state index in [9.17, 15) is 9.59 Å². The zero-order valence-corrected chi connectivity index (χ0v) is 7.12. The molecule has 1 unspecified atom stereocenters.